The number of nitrogens with one attached hydrogen (secondary N) is 1. The van der Waals surface area contributed by atoms with Crippen molar-refractivity contribution in [2.75, 3.05) is 47.4 Å². The molecule has 0 amide bonds. The molecule has 19 heavy (non-hydrogen) atoms. The predicted octanol–water partition coefficient (Wildman–Crippen LogP) is 1.01. The number of piperidine rings is 1. The SMILES string of the molecule is CNC(C)(CO)CC(C)N1CCC(CN(C)C)CC1. The van der Waals surface area contributed by atoms with Crippen LogP contribution in [0.5, 0.6) is 0 Å². The summed E-state index contributed by atoms with van der Waals surface area (Å²) >= 11 is 0. The Labute approximate surface area is 119 Å². The lowest BCUT2D eigenvalue weighted by Gasteiger charge is -2.40. The second-order valence-corrected chi connectivity index (χ2v) is 6.76. The van der Waals surface area contributed by atoms with Gasteiger partial charge in [-0.05, 0) is 73.3 Å². The first kappa shape index (κ1) is 16.9. The van der Waals surface area contributed by atoms with Gasteiger partial charge in [-0.1, -0.05) is 0 Å². The molecule has 2 unspecified atom stereocenters. The van der Waals surface area contributed by atoms with Crippen LogP contribution in [0.4, 0.5) is 0 Å². The van der Waals surface area contributed by atoms with E-state index in [0.717, 1.165) is 12.3 Å². The first-order valence-corrected chi connectivity index (χ1v) is 7.58. The molecular weight excluding hydrogens is 238 g/mol. The number of nitrogens with zero attached hydrogens (tertiary/aromatic N) is 2. The monoisotopic (exact) mass is 271 g/mol. The maximum Gasteiger partial charge on any atom is 0.0611 e. The molecule has 1 rings (SSSR count). The molecule has 0 aromatic carbocycles. The Kier molecular flexibility index (Phi) is 6.74. The molecule has 2 N–H and O–H groups in total. The number of likely N-dealkylation sites (tertiary alicyclic amines) is 1. The van der Waals surface area contributed by atoms with E-state index in [0.29, 0.717) is 6.04 Å². The van der Waals surface area contributed by atoms with Crippen LogP contribution in [0.15, 0.2) is 0 Å². The third kappa shape index (κ3) is 5.38. The van der Waals surface area contributed by atoms with Gasteiger partial charge in [0.2, 0.25) is 0 Å². The molecule has 0 radical (unpaired) electrons. The van der Waals surface area contributed by atoms with Crippen LogP contribution < -0.4 is 5.32 Å². The van der Waals surface area contributed by atoms with E-state index in [2.05, 4.69) is 43.1 Å². The lowest BCUT2D eigenvalue weighted by molar-refractivity contribution is 0.0877. The summed E-state index contributed by atoms with van der Waals surface area (Å²) in [5.74, 6) is 0.854. The van der Waals surface area contributed by atoms with Crippen LogP contribution in [0.3, 0.4) is 0 Å². The zero-order valence-electron chi connectivity index (χ0n) is 13.4. The predicted molar refractivity (Wildman–Crippen MR) is 81.5 cm³/mol. The van der Waals surface area contributed by atoms with E-state index < -0.39 is 0 Å². The van der Waals surface area contributed by atoms with Gasteiger partial charge in [0.1, 0.15) is 0 Å². The minimum Gasteiger partial charge on any atom is -0.394 e. The molecule has 1 aliphatic heterocycles. The van der Waals surface area contributed by atoms with Crippen molar-refractivity contribution in [1.29, 1.82) is 0 Å². The lowest BCUT2D eigenvalue weighted by Crippen LogP contribution is -2.50. The molecule has 0 aromatic heterocycles. The quantitative estimate of drug-likeness (QED) is 0.725. The molecule has 4 nitrogen and oxygen atoms in total. The maximum absolute atomic E-state index is 9.49. The Balaban J connectivity index is 2.38. The van der Waals surface area contributed by atoms with E-state index in [4.69, 9.17) is 0 Å². The molecule has 0 spiro atoms. The summed E-state index contributed by atoms with van der Waals surface area (Å²) in [5, 5.41) is 12.7. The number of likely N-dealkylation sites (N-methyl/N-ethyl adjacent to an activating group) is 1. The van der Waals surface area contributed by atoms with Gasteiger partial charge >= 0.3 is 0 Å². The van der Waals surface area contributed by atoms with E-state index >= 15 is 0 Å². The van der Waals surface area contributed by atoms with Gasteiger partial charge in [0.25, 0.3) is 0 Å². The molecule has 2 atom stereocenters. The van der Waals surface area contributed by atoms with Crippen molar-refractivity contribution in [3.8, 4) is 0 Å². The fraction of sp³-hybridized carbons (Fsp3) is 1.00. The normalized spacial score (nSPS) is 23.5. The van der Waals surface area contributed by atoms with Crippen LogP contribution in [0, 0.1) is 5.92 Å². The minimum absolute atomic E-state index is 0.153. The van der Waals surface area contributed by atoms with Crippen molar-refractivity contribution < 1.29 is 5.11 Å². The van der Waals surface area contributed by atoms with Gasteiger partial charge in [0, 0.05) is 18.1 Å². The summed E-state index contributed by atoms with van der Waals surface area (Å²) in [6.45, 7) is 8.20. The van der Waals surface area contributed by atoms with E-state index in [-0.39, 0.29) is 12.1 Å². The van der Waals surface area contributed by atoms with Crippen LogP contribution in [0.1, 0.15) is 33.1 Å². The molecule has 0 bridgehead atoms. The van der Waals surface area contributed by atoms with E-state index in [1.165, 1.54) is 32.5 Å². The highest BCUT2D eigenvalue weighted by molar-refractivity contribution is 4.87. The van der Waals surface area contributed by atoms with Crippen molar-refractivity contribution in [2.24, 2.45) is 5.92 Å². The molecule has 1 heterocycles. The summed E-state index contributed by atoms with van der Waals surface area (Å²) < 4.78 is 0. The first-order valence-electron chi connectivity index (χ1n) is 7.58. The van der Waals surface area contributed by atoms with Crippen LogP contribution in [-0.4, -0.2) is 73.9 Å². The summed E-state index contributed by atoms with van der Waals surface area (Å²) in [6, 6.07) is 0.532. The number of aliphatic hydroxyl groups excluding tert-OH is 1. The van der Waals surface area contributed by atoms with Gasteiger partial charge in [-0.2, -0.15) is 0 Å². The zero-order chi connectivity index (χ0) is 14.5. The lowest BCUT2D eigenvalue weighted by atomic mass is 9.91. The van der Waals surface area contributed by atoms with E-state index in [9.17, 15) is 5.11 Å². The Bertz CT molecular complexity index is 246. The van der Waals surface area contributed by atoms with Crippen molar-refractivity contribution in [1.82, 2.24) is 15.1 Å². The second-order valence-electron chi connectivity index (χ2n) is 6.76. The molecule has 1 fully saturated rings. The Morgan fingerprint density at radius 3 is 2.37 bits per heavy atom. The fourth-order valence-electron chi connectivity index (χ4n) is 3.12. The van der Waals surface area contributed by atoms with Crippen LogP contribution in [0.2, 0.25) is 0 Å². The highest BCUT2D eigenvalue weighted by atomic mass is 16.3. The third-order valence-electron chi connectivity index (χ3n) is 4.59. The number of hydrogen-bond acceptors (Lipinski definition) is 4. The first-order chi connectivity index (χ1) is 8.90. The summed E-state index contributed by atoms with van der Waals surface area (Å²) in [4.78, 5) is 4.88. The number of aliphatic hydroxyl groups is 1. The second kappa shape index (κ2) is 7.58. The van der Waals surface area contributed by atoms with Crippen LogP contribution in [-0.2, 0) is 0 Å². The Morgan fingerprint density at radius 2 is 1.95 bits per heavy atom. The van der Waals surface area contributed by atoms with E-state index in [1.54, 1.807) is 0 Å². The molecular formula is C15H33N3O. The van der Waals surface area contributed by atoms with Gasteiger partial charge in [-0.3, -0.25) is 0 Å². The summed E-state index contributed by atoms with van der Waals surface area (Å²) in [5.41, 5.74) is -0.153. The van der Waals surface area contributed by atoms with Crippen molar-refractivity contribution in [3.63, 3.8) is 0 Å². The fourth-order valence-corrected chi connectivity index (χ4v) is 3.12. The molecule has 0 aliphatic carbocycles. The average Bonchev–Trinajstić information content (AvgIpc) is 2.38. The highest BCUT2D eigenvalue weighted by Gasteiger charge is 2.29. The standard InChI is InChI=1S/C15H33N3O/c1-13(10-15(2,12-19)16-3)18-8-6-14(7-9-18)11-17(4)5/h13-14,16,19H,6-12H2,1-5H3. The molecule has 4 heteroatoms. The minimum atomic E-state index is -0.153. The third-order valence-corrected chi connectivity index (χ3v) is 4.59. The Hall–Kier alpha value is -0.160. The van der Waals surface area contributed by atoms with Gasteiger partial charge in [-0.15, -0.1) is 0 Å². The smallest absolute Gasteiger partial charge is 0.0611 e. The van der Waals surface area contributed by atoms with Crippen LogP contribution in [0.25, 0.3) is 0 Å². The zero-order valence-corrected chi connectivity index (χ0v) is 13.4. The van der Waals surface area contributed by atoms with Crippen LogP contribution >= 0.6 is 0 Å². The largest absolute Gasteiger partial charge is 0.394 e. The molecule has 114 valence electrons. The number of hydrogen-bond donors (Lipinski definition) is 2. The van der Waals surface area contributed by atoms with Gasteiger partial charge in [0.15, 0.2) is 0 Å². The molecule has 0 aromatic rings. The van der Waals surface area contributed by atoms with Crippen molar-refractivity contribution in [3.05, 3.63) is 0 Å². The molecule has 0 saturated carbocycles. The Morgan fingerprint density at radius 1 is 1.37 bits per heavy atom. The summed E-state index contributed by atoms with van der Waals surface area (Å²) in [6.07, 6.45) is 3.61. The topological polar surface area (TPSA) is 38.7 Å². The van der Waals surface area contributed by atoms with E-state index in [1.807, 2.05) is 7.05 Å². The van der Waals surface area contributed by atoms with Gasteiger partial charge in [-0.25, -0.2) is 0 Å². The maximum atomic E-state index is 9.49. The van der Waals surface area contributed by atoms with Crippen molar-refractivity contribution >= 4 is 0 Å². The molecule has 1 aliphatic rings. The number of rotatable bonds is 7. The summed E-state index contributed by atoms with van der Waals surface area (Å²) in [7, 11) is 6.26. The molecule has 1 saturated heterocycles. The average molecular weight is 271 g/mol. The highest BCUT2D eigenvalue weighted by Crippen LogP contribution is 2.23. The van der Waals surface area contributed by atoms with Gasteiger partial charge in [0.05, 0.1) is 6.61 Å². The van der Waals surface area contributed by atoms with Crippen molar-refractivity contribution in [2.45, 2.75) is 44.7 Å². The van der Waals surface area contributed by atoms with Gasteiger partial charge < -0.3 is 20.2 Å².